The van der Waals surface area contributed by atoms with Gasteiger partial charge in [0.2, 0.25) is 5.95 Å². The van der Waals surface area contributed by atoms with E-state index >= 15 is 0 Å². The first-order valence-electron chi connectivity index (χ1n) is 9.04. The second kappa shape index (κ2) is 6.39. The molecular formula is C19H20N6S. The molecule has 0 unspecified atom stereocenters. The SMILES string of the molecule is Nc1ccc(Sc2nc(NC3=NCC(C4CC4)=C3)nc(C3CC3)n2)cc1. The van der Waals surface area contributed by atoms with E-state index in [4.69, 9.17) is 5.73 Å². The predicted octanol–water partition coefficient (Wildman–Crippen LogP) is 3.64. The third kappa shape index (κ3) is 3.58. The molecule has 0 spiro atoms. The largest absolute Gasteiger partial charge is 0.399 e. The number of aromatic nitrogens is 3. The summed E-state index contributed by atoms with van der Waals surface area (Å²) >= 11 is 1.53. The summed E-state index contributed by atoms with van der Waals surface area (Å²) in [6, 6.07) is 7.75. The smallest absolute Gasteiger partial charge is 0.232 e. The second-order valence-electron chi connectivity index (χ2n) is 7.07. The quantitative estimate of drug-likeness (QED) is 0.787. The molecule has 0 atom stereocenters. The van der Waals surface area contributed by atoms with Crippen LogP contribution in [0.5, 0.6) is 0 Å². The van der Waals surface area contributed by atoms with Gasteiger partial charge < -0.3 is 11.1 Å². The Kier molecular flexibility index (Phi) is 3.89. The molecule has 0 bridgehead atoms. The van der Waals surface area contributed by atoms with Crippen molar-refractivity contribution in [2.45, 2.75) is 41.7 Å². The van der Waals surface area contributed by atoms with Crippen LogP contribution in [0.1, 0.15) is 37.4 Å². The molecule has 5 rings (SSSR count). The highest BCUT2D eigenvalue weighted by Crippen LogP contribution is 2.40. The molecule has 2 fully saturated rings. The van der Waals surface area contributed by atoms with Crippen LogP contribution >= 0.6 is 11.8 Å². The molecule has 132 valence electrons. The summed E-state index contributed by atoms with van der Waals surface area (Å²) in [6.45, 7) is 0.806. The maximum absolute atomic E-state index is 5.77. The van der Waals surface area contributed by atoms with Crippen molar-refractivity contribution in [2.75, 3.05) is 17.6 Å². The fourth-order valence-corrected chi connectivity index (χ4v) is 3.73. The van der Waals surface area contributed by atoms with E-state index in [1.807, 2.05) is 24.3 Å². The molecule has 6 nitrogen and oxygen atoms in total. The Morgan fingerprint density at radius 3 is 2.46 bits per heavy atom. The van der Waals surface area contributed by atoms with Gasteiger partial charge in [-0.25, -0.2) is 4.98 Å². The minimum Gasteiger partial charge on any atom is -0.399 e. The van der Waals surface area contributed by atoms with Gasteiger partial charge in [-0.15, -0.1) is 0 Å². The highest BCUT2D eigenvalue weighted by atomic mass is 32.2. The lowest BCUT2D eigenvalue weighted by Crippen LogP contribution is -2.12. The van der Waals surface area contributed by atoms with Gasteiger partial charge in [-0.2, -0.15) is 9.97 Å². The Morgan fingerprint density at radius 1 is 0.962 bits per heavy atom. The van der Waals surface area contributed by atoms with Crippen molar-refractivity contribution >= 4 is 29.2 Å². The van der Waals surface area contributed by atoms with E-state index in [-0.39, 0.29) is 0 Å². The standard InChI is InChI=1S/C19H20N6S/c20-14-5-7-15(8-6-14)26-19-24-17(12-3-4-12)23-18(25-19)22-16-9-13(10-21-16)11-1-2-11/h5-9,11-12H,1-4,10,20H2,(H,21,22,23,24,25). The number of nitrogen functional groups attached to an aromatic ring is 1. The van der Waals surface area contributed by atoms with Crippen molar-refractivity contribution in [3.8, 4) is 0 Å². The number of hydrogen-bond donors (Lipinski definition) is 2. The number of benzene rings is 1. The molecule has 0 radical (unpaired) electrons. The number of nitrogens with zero attached hydrogens (tertiary/aromatic N) is 4. The van der Waals surface area contributed by atoms with Gasteiger partial charge in [0.05, 0.1) is 6.54 Å². The van der Waals surface area contributed by atoms with Crippen molar-refractivity contribution in [1.82, 2.24) is 15.0 Å². The van der Waals surface area contributed by atoms with Crippen LogP contribution in [0.25, 0.3) is 0 Å². The third-order valence-electron chi connectivity index (χ3n) is 4.76. The van der Waals surface area contributed by atoms with Crippen LogP contribution in [0.2, 0.25) is 0 Å². The first-order chi connectivity index (χ1) is 12.7. The molecule has 1 aromatic carbocycles. The van der Waals surface area contributed by atoms with Crippen LogP contribution in [0.4, 0.5) is 11.6 Å². The van der Waals surface area contributed by atoms with E-state index in [0.717, 1.165) is 47.5 Å². The maximum atomic E-state index is 5.77. The molecule has 0 saturated heterocycles. The van der Waals surface area contributed by atoms with Gasteiger partial charge in [-0.3, -0.25) is 4.99 Å². The van der Waals surface area contributed by atoms with E-state index in [9.17, 15) is 0 Å². The summed E-state index contributed by atoms with van der Waals surface area (Å²) < 4.78 is 0. The normalized spacial score (nSPS) is 19.2. The molecule has 26 heavy (non-hydrogen) atoms. The zero-order valence-electron chi connectivity index (χ0n) is 14.4. The van der Waals surface area contributed by atoms with Crippen LogP contribution in [-0.2, 0) is 0 Å². The number of nitrogens with one attached hydrogen (secondary N) is 1. The minimum atomic E-state index is 0.465. The van der Waals surface area contributed by atoms with Crippen molar-refractivity contribution in [2.24, 2.45) is 10.9 Å². The van der Waals surface area contributed by atoms with E-state index in [0.29, 0.717) is 17.0 Å². The number of nitrogens with two attached hydrogens (primary N) is 1. The zero-order valence-corrected chi connectivity index (χ0v) is 15.2. The Balaban J connectivity index is 1.38. The highest BCUT2D eigenvalue weighted by molar-refractivity contribution is 7.99. The second-order valence-corrected chi connectivity index (χ2v) is 8.11. The van der Waals surface area contributed by atoms with Gasteiger partial charge >= 0.3 is 0 Å². The summed E-state index contributed by atoms with van der Waals surface area (Å²) in [5, 5.41) is 4.00. The molecule has 2 heterocycles. The molecule has 1 aromatic heterocycles. The summed E-state index contributed by atoms with van der Waals surface area (Å²) in [4.78, 5) is 19.5. The first-order valence-corrected chi connectivity index (χ1v) is 9.86. The predicted molar refractivity (Wildman–Crippen MR) is 104 cm³/mol. The van der Waals surface area contributed by atoms with Crippen molar-refractivity contribution in [3.05, 3.63) is 41.7 Å². The van der Waals surface area contributed by atoms with Crippen LogP contribution < -0.4 is 11.1 Å². The Hall–Kier alpha value is -2.41. The minimum absolute atomic E-state index is 0.465. The van der Waals surface area contributed by atoms with E-state index < -0.39 is 0 Å². The fourth-order valence-electron chi connectivity index (χ4n) is 2.97. The monoisotopic (exact) mass is 364 g/mol. The van der Waals surface area contributed by atoms with Gasteiger partial charge in [0, 0.05) is 16.5 Å². The topological polar surface area (TPSA) is 89.1 Å². The molecule has 7 heteroatoms. The number of anilines is 2. The number of rotatable bonds is 5. The van der Waals surface area contributed by atoms with Gasteiger partial charge in [-0.1, -0.05) is 0 Å². The summed E-state index contributed by atoms with van der Waals surface area (Å²) in [5.41, 5.74) is 7.95. The highest BCUT2D eigenvalue weighted by Gasteiger charge is 2.29. The molecule has 2 saturated carbocycles. The maximum Gasteiger partial charge on any atom is 0.232 e. The van der Waals surface area contributed by atoms with E-state index in [2.05, 4.69) is 31.3 Å². The van der Waals surface area contributed by atoms with E-state index in [1.165, 1.54) is 30.2 Å². The van der Waals surface area contributed by atoms with Gasteiger partial charge in [0.15, 0.2) is 5.16 Å². The fraction of sp³-hybridized carbons (Fsp3) is 0.368. The Labute approximate surface area is 156 Å². The van der Waals surface area contributed by atoms with E-state index in [1.54, 1.807) is 0 Å². The van der Waals surface area contributed by atoms with Crippen molar-refractivity contribution < 1.29 is 0 Å². The lowest BCUT2D eigenvalue weighted by molar-refractivity contribution is 0.816. The van der Waals surface area contributed by atoms with Crippen molar-refractivity contribution in [1.29, 1.82) is 0 Å². The molecule has 3 aliphatic rings. The Morgan fingerprint density at radius 2 is 1.73 bits per heavy atom. The van der Waals surface area contributed by atoms with Gasteiger partial charge in [0.25, 0.3) is 0 Å². The first kappa shape index (κ1) is 15.8. The lowest BCUT2D eigenvalue weighted by Gasteiger charge is -2.08. The van der Waals surface area contributed by atoms with Gasteiger partial charge in [-0.05, 0) is 79.3 Å². The molecule has 3 N–H and O–H groups in total. The van der Waals surface area contributed by atoms with Gasteiger partial charge in [0.1, 0.15) is 11.7 Å². The van der Waals surface area contributed by atoms with Crippen LogP contribution in [0.3, 0.4) is 0 Å². The molecular weight excluding hydrogens is 344 g/mol. The molecule has 0 amide bonds. The average Bonchev–Trinajstić information content (AvgIpc) is 3.55. The molecule has 1 aliphatic heterocycles. The average molecular weight is 364 g/mol. The van der Waals surface area contributed by atoms with Crippen LogP contribution in [-0.4, -0.2) is 27.3 Å². The zero-order chi connectivity index (χ0) is 17.5. The number of aliphatic imine (C=N–C) groups is 1. The van der Waals surface area contributed by atoms with Crippen LogP contribution in [0, 0.1) is 5.92 Å². The number of amidine groups is 1. The Bertz CT molecular complexity index is 897. The molecule has 2 aromatic rings. The lowest BCUT2D eigenvalue weighted by atomic mass is 10.2. The van der Waals surface area contributed by atoms with Crippen molar-refractivity contribution in [3.63, 3.8) is 0 Å². The summed E-state index contributed by atoms with van der Waals surface area (Å²) in [5.74, 6) is 3.54. The van der Waals surface area contributed by atoms with Crippen LogP contribution in [0.15, 0.2) is 51.0 Å². The third-order valence-corrected chi connectivity index (χ3v) is 5.63. The number of hydrogen-bond acceptors (Lipinski definition) is 7. The molecule has 2 aliphatic carbocycles. The summed E-state index contributed by atoms with van der Waals surface area (Å²) in [6.07, 6.45) is 7.07. The summed E-state index contributed by atoms with van der Waals surface area (Å²) in [7, 11) is 0.